The van der Waals surface area contributed by atoms with E-state index in [9.17, 15) is 19.2 Å². The van der Waals surface area contributed by atoms with Crippen molar-refractivity contribution in [3.05, 3.63) is 0 Å². The average molecular weight is 500 g/mol. The van der Waals surface area contributed by atoms with E-state index >= 15 is 0 Å². The Morgan fingerprint density at radius 1 is 0.697 bits per heavy atom. The molecule has 0 spiro atoms. The van der Waals surface area contributed by atoms with Crippen molar-refractivity contribution in [2.75, 3.05) is 71.6 Å². The molecule has 0 bridgehead atoms. The molecule has 0 atom stereocenters. The van der Waals surface area contributed by atoms with Gasteiger partial charge in [0.2, 0.25) is 0 Å². The maximum absolute atomic E-state index is 11.5. The summed E-state index contributed by atoms with van der Waals surface area (Å²) < 4.78 is 36.4. The van der Waals surface area contributed by atoms with Gasteiger partial charge in [0.05, 0.1) is 0 Å². The zero-order valence-electron chi connectivity index (χ0n) is 19.5. The molecule has 0 aromatic rings. The Kier molecular flexibility index (Phi) is 15.0. The van der Waals surface area contributed by atoms with Crippen LogP contribution in [-0.2, 0) is 51.9 Å². The van der Waals surface area contributed by atoms with Crippen LogP contribution in [0.15, 0.2) is 0 Å². The summed E-state index contributed by atoms with van der Waals surface area (Å²) in [7, 11) is -0.576. The minimum absolute atomic E-state index is 0.0640. The molecule has 0 aliphatic carbocycles. The Hall–Kier alpha value is -1.83. The van der Waals surface area contributed by atoms with E-state index in [1.165, 1.54) is 0 Å². The van der Waals surface area contributed by atoms with E-state index in [1.54, 1.807) is 27.9 Å². The molecule has 0 radical (unpaired) electrons. The van der Waals surface area contributed by atoms with Gasteiger partial charge in [-0.2, -0.15) is 0 Å². The summed E-state index contributed by atoms with van der Waals surface area (Å²) in [6.45, 7) is 4.22. The maximum atomic E-state index is 11.5. The van der Waals surface area contributed by atoms with Crippen molar-refractivity contribution in [1.82, 2.24) is 0 Å². The fourth-order valence-corrected chi connectivity index (χ4v) is 6.22. The zero-order chi connectivity index (χ0) is 25.4. The van der Waals surface area contributed by atoms with Crippen LogP contribution >= 0.6 is 6.83 Å². The molecule has 0 aliphatic heterocycles. The second-order valence-corrected chi connectivity index (χ2v) is 13.0. The third-order valence-electron chi connectivity index (χ3n) is 5.13. The van der Waals surface area contributed by atoms with Gasteiger partial charge in [0.15, 0.2) is 0 Å². The van der Waals surface area contributed by atoms with Gasteiger partial charge < -0.3 is 0 Å². The molecule has 0 amide bonds. The second kappa shape index (κ2) is 15.9. The Balaban J connectivity index is 5.10. The fraction of sp³-hybridized carbons (Fsp3) is 0.778. The van der Waals surface area contributed by atoms with Crippen LogP contribution in [-0.4, -0.2) is 113 Å². The van der Waals surface area contributed by atoms with Gasteiger partial charge in [-0.1, -0.05) is 0 Å². The van der Waals surface area contributed by atoms with Crippen molar-refractivity contribution < 1.29 is 62.1 Å². The molecular weight excluding hydrogens is 466 g/mol. The predicted molar refractivity (Wildman–Crippen MR) is 117 cm³/mol. The number of carbonyl (C=O) groups excluding carboxylic acids is 2. The molecule has 0 aliphatic rings. The normalized spacial score (nSPS) is 12.4. The van der Waals surface area contributed by atoms with Crippen LogP contribution in [0.4, 0.5) is 0 Å². The van der Waals surface area contributed by atoms with Gasteiger partial charge in [0.1, 0.15) is 0 Å². The minimum atomic E-state index is -3.37. The summed E-state index contributed by atoms with van der Waals surface area (Å²) in [5, 5.41) is 17.6. The molecular formula is C18H34BO13P. The van der Waals surface area contributed by atoms with Crippen molar-refractivity contribution in [3.63, 3.8) is 0 Å². The van der Waals surface area contributed by atoms with E-state index in [1.807, 2.05) is 0 Å². The number of hydrogen-bond acceptors (Lipinski definition) is 11. The molecule has 192 valence electrons. The predicted octanol–water partition coefficient (Wildman–Crippen LogP) is 0.425. The summed E-state index contributed by atoms with van der Waals surface area (Å²) in [6, 6.07) is 0. The quantitative estimate of drug-likeness (QED) is 0.115. The van der Waals surface area contributed by atoms with Crippen molar-refractivity contribution in [1.29, 1.82) is 0 Å². The number of carboxylic acids is 2. The molecule has 0 heterocycles. The SMILES string of the molecule is CCP(CC)(CC)(COCCOCCOCCOC)OB(OC(=O)C(=O)O)OC(=O)C(=O)O. The Bertz CT molecular complexity index is 602. The number of carbonyl (C=O) groups is 4. The first-order chi connectivity index (χ1) is 15.6. The number of hydrogen-bond donors (Lipinski definition) is 2. The second-order valence-electron chi connectivity index (χ2n) is 6.88. The number of rotatable bonds is 18. The van der Waals surface area contributed by atoms with E-state index < -0.39 is 38.0 Å². The van der Waals surface area contributed by atoms with E-state index in [2.05, 4.69) is 9.31 Å². The van der Waals surface area contributed by atoms with E-state index in [4.69, 9.17) is 33.6 Å². The van der Waals surface area contributed by atoms with E-state index in [0.717, 1.165) is 0 Å². The van der Waals surface area contributed by atoms with Gasteiger partial charge in [-0.15, -0.1) is 0 Å². The number of ether oxygens (including phenoxy) is 4. The first-order valence-electron chi connectivity index (χ1n) is 10.4. The average Bonchev–Trinajstić information content (AvgIpc) is 2.79. The van der Waals surface area contributed by atoms with Crippen LogP contribution in [0, 0.1) is 0 Å². The molecule has 2 N–H and O–H groups in total. The molecule has 0 fully saturated rings. The molecule has 0 unspecified atom stereocenters. The number of aliphatic carboxylic acids is 2. The summed E-state index contributed by atoms with van der Waals surface area (Å²) in [4.78, 5) is 44.7. The van der Waals surface area contributed by atoms with Crippen LogP contribution in [0.1, 0.15) is 20.8 Å². The van der Waals surface area contributed by atoms with Gasteiger partial charge in [-0.05, 0) is 0 Å². The molecule has 0 saturated carbocycles. The fourth-order valence-electron chi connectivity index (χ4n) is 2.66. The van der Waals surface area contributed by atoms with Gasteiger partial charge in [0.25, 0.3) is 0 Å². The molecule has 0 saturated heterocycles. The summed E-state index contributed by atoms with van der Waals surface area (Å²) in [5.74, 6) is -7.45. The number of methoxy groups -OCH3 is 1. The molecule has 0 aromatic heterocycles. The van der Waals surface area contributed by atoms with Crippen molar-refractivity contribution in [3.8, 4) is 0 Å². The summed E-state index contributed by atoms with van der Waals surface area (Å²) in [6.07, 6.45) is 1.27. The standard InChI is InChI=1S/C18H34BO13P/c1-5-33(6-2,7-3,14-29-13-12-28-11-10-27-9-8-26-4)32-19(30-17(24)15(20)21)31-18(25)16(22)23/h5-14H2,1-4H3,(H,20,21)(H,22,23). The van der Waals surface area contributed by atoms with Crippen molar-refractivity contribution in [2.45, 2.75) is 20.8 Å². The molecule has 15 heteroatoms. The van der Waals surface area contributed by atoms with E-state index in [-0.39, 0.29) is 19.6 Å². The monoisotopic (exact) mass is 500 g/mol. The Labute approximate surface area is 193 Å². The van der Waals surface area contributed by atoms with Gasteiger partial charge in [-0.25, -0.2) is 0 Å². The van der Waals surface area contributed by atoms with Gasteiger partial charge in [-0.3, -0.25) is 0 Å². The molecule has 13 nitrogen and oxygen atoms in total. The summed E-state index contributed by atoms with van der Waals surface area (Å²) >= 11 is 0. The zero-order valence-corrected chi connectivity index (χ0v) is 20.4. The van der Waals surface area contributed by atoms with Gasteiger partial charge >= 0.3 is 192 Å². The number of carboxylic acid groups (broad SMARTS) is 2. The van der Waals surface area contributed by atoms with Crippen LogP contribution < -0.4 is 0 Å². The molecule has 0 aromatic carbocycles. The van der Waals surface area contributed by atoms with Crippen molar-refractivity contribution >= 4 is 38.0 Å². The van der Waals surface area contributed by atoms with E-state index in [0.29, 0.717) is 44.9 Å². The first-order valence-corrected chi connectivity index (χ1v) is 13.3. The third-order valence-corrected chi connectivity index (χ3v) is 11.5. The molecule has 33 heavy (non-hydrogen) atoms. The van der Waals surface area contributed by atoms with Crippen LogP contribution in [0.25, 0.3) is 0 Å². The molecule has 0 rings (SSSR count). The van der Waals surface area contributed by atoms with Crippen molar-refractivity contribution in [2.24, 2.45) is 0 Å². The van der Waals surface area contributed by atoms with Gasteiger partial charge in [0, 0.05) is 0 Å². The summed E-state index contributed by atoms with van der Waals surface area (Å²) in [5.41, 5.74) is 0. The Morgan fingerprint density at radius 3 is 1.45 bits per heavy atom. The Morgan fingerprint density at radius 2 is 1.09 bits per heavy atom. The topological polar surface area (TPSA) is 173 Å². The van der Waals surface area contributed by atoms with Crippen LogP contribution in [0.2, 0.25) is 0 Å². The van der Waals surface area contributed by atoms with Crippen LogP contribution in [0.5, 0.6) is 0 Å². The van der Waals surface area contributed by atoms with Crippen LogP contribution in [0.3, 0.4) is 0 Å². The first kappa shape index (κ1) is 31.2. The third kappa shape index (κ3) is 11.2.